The lowest BCUT2D eigenvalue weighted by atomic mass is 9.97. The van der Waals surface area contributed by atoms with Gasteiger partial charge in [-0.05, 0) is 29.0 Å². The van der Waals surface area contributed by atoms with Gasteiger partial charge in [0.05, 0.1) is 12.6 Å². The van der Waals surface area contributed by atoms with E-state index in [2.05, 4.69) is 29.2 Å². The minimum absolute atomic E-state index is 0.0191. The van der Waals surface area contributed by atoms with Crippen LogP contribution in [-0.4, -0.2) is 57.4 Å². The molecule has 2 atom stereocenters. The van der Waals surface area contributed by atoms with E-state index < -0.39 is 18.0 Å². The van der Waals surface area contributed by atoms with Crippen molar-refractivity contribution in [2.24, 2.45) is 5.92 Å². The molecule has 0 bridgehead atoms. The van der Waals surface area contributed by atoms with Gasteiger partial charge in [0.2, 0.25) is 0 Å². The molecule has 0 spiro atoms. The lowest BCUT2D eigenvalue weighted by Crippen LogP contribution is -2.50. The molecule has 3 aromatic carbocycles. The van der Waals surface area contributed by atoms with Crippen LogP contribution in [0.5, 0.6) is 0 Å². The first-order chi connectivity index (χ1) is 17.8. The Bertz CT molecular complexity index is 1050. The number of aliphatic hydroxyl groups excluding tert-OH is 1. The minimum Gasteiger partial charge on any atom is -0.473 e. The molecule has 0 saturated heterocycles. The van der Waals surface area contributed by atoms with E-state index in [0.29, 0.717) is 26.1 Å². The molecular weight excluding hydrogens is 468 g/mol. The number of carbonyl (C=O) groups is 2. The third kappa shape index (κ3) is 9.46. The summed E-state index contributed by atoms with van der Waals surface area (Å²) in [5.41, 5.74) is 3.29. The predicted octanol–water partition coefficient (Wildman–Crippen LogP) is 4.16. The number of carbonyl (C=O) groups excluding carboxylic acids is 1. The zero-order valence-corrected chi connectivity index (χ0v) is 21.4. The first-order valence-electron chi connectivity index (χ1n) is 12.6. The number of carboxylic acids is 1. The summed E-state index contributed by atoms with van der Waals surface area (Å²) in [5, 5.41) is 21.9. The fourth-order valence-electron chi connectivity index (χ4n) is 4.33. The third-order valence-corrected chi connectivity index (χ3v) is 6.00. The zero-order valence-electron chi connectivity index (χ0n) is 21.4. The molecule has 3 aromatic rings. The molecule has 2 N–H and O–H groups in total. The first-order valence-corrected chi connectivity index (χ1v) is 12.6. The molecule has 0 fully saturated rings. The van der Waals surface area contributed by atoms with E-state index in [1.165, 1.54) is 5.06 Å². The Morgan fingerprint density at radius 2 is 1.22 bits per heavy atom. The van der Waals surface area contributed by atoms with Gasteiger partial charge in [-0.25, -0.2) is 9.59 Å². The zero-order chi connectivity index (χ0) is 26.6. The highest BCUT2D eigenvalue weighted by molar-refractivity contribution is 6.28. The average Bonchev–Trinajstić information content (AvgIpc) is 2.88. The van der Waals surface area contributed by atoms with Crippen LogP contribution in [0.4, 0.5) is 0 Å². The molecular formula is C30H36N2O5. The van der Waals surface area contributed by atoms with E-state index in [-0.39, 0.29) is 18.5 Å². The molecule has 196 valence electrons. The Hall–Kier alpha value is -3.52. The van der Waals surface area contributed by atoms with E-state index in [4.69, 9.17) is 9.94 Å². The molecule has 0 aliphatic carbocycles. The van der Waals surface area contributed by atoms with E-state index >= 15 is 0 Å². The fourth-order valence-corrected chi connectivity index (χ4v) is 4.33. The molecule has 0 aliphatic rings. The molecule has 7 heteroatoms. The number of carboxylic acid groups (broad SMARTS) is 1. The second-order valence-corrected chi connectivity index (χ2v) is 9.63. The molecule has 0 saturated carbocycles. The highest BCUT2D eigenvalue weighted by Crippen LogP contribution is 2.21. The van der Waals surface area contributed by atoms with Crippen LogP contribution in [0, 0.1) is 5.92 Å². The van der Waals surface area contributed by atoms with Gasteiger partial charge in [-0.1, -0.05) is 105 Å². The molecule has 0 heterocycles. The molecule has 0 radical (unpaired) electrons. The van der Waals surface area contributed by atoms with Crippen molar-refractivity contribution < 1.29 is 24.6 Å². The summed E-state index contributed by atoms with van der Waals surface area (Å²) >= 11 is 0. The van der Waals surface area contributed by atoms with Crippen molar-refractivity contribution in [2.45, 2.75) is 45.5 Å². The summed E-state index contributed by atoms with van der Waals surface area (Å²) in [5.74, 6) is -2.94. The molecule has 0 aliphatic heterocycles. The summed E-state index contributed by atoms with van der Waals surface area (Å²) < 4.78 is 0. The summed E-state index contributed by atoms with van der Waals surface area (Å²) in [4.78, 5) is 30.3. The molecule has 37 heavy (non-hydrogen) atoms. The average molecular weight is 505 g/mol. The third-order valence-electron chi connectivity index (χ3n) is 6.00. The second-order valence-electron chi connectivity index (χ2n) is 9.63. The molecule has 3 rings (SSSR count). The number of aliphatic hydroxyl groups is 1. The Balaban J connectivity index is 1.93. The number of aliphatic carboxylic acids is 1. The van der Waals surface area contributed by atoms with Crippen molar-refractivity contribution in [3.63, 3.8) is 0 Å². The lowest BCUT2D eigenvalue weighted by molar-refractivity contribution is -0.206. The summed E-state index contributed by atoms with van der Waals surface area (Å²) in [6.45, 7) is 5.35. The predicted molar refractivity (Wildman–Crippen MR) is 142 cm³/mol. The molecule has 0 unspecified atom stereocenters. The second kappa shape index (κ2) is 14.3. The molecule has 0 aromatic heterocycles. The van der Waals surface area contributed by atoms with Crippen molar-refractivity contribution >= 4 is 11.9 Å². The van der Waals surface area contributed by atoms with Gasteiger partial charge >= 0.3 is 11.9 Å². The van der Waals surface area contributed by atoms with Crippen LogP contribution < -0.4 is 0 Å². The van der Waals surface area contributed by atoms with Crippen LogP contribution in [0.15, 0.2) is 91.0 Å². The van der Waals surface area contributed by atoms with E-state index in [1.54, 1.807) is 0 Å². The minimum atomic E-state index is -1.67. The van der Waals surface area contributed by atoms with Gasteiger partial charge in [-0.3, -0.25) is 4.90 Å². The standard InChI is InChI=1S/C30H36N2O5/c1-23(2)19-32(37-30(36)29(34)35)22-28(33)27(18-24-12-6-3-7-13-24)31(20-25-14-8-4-9-15-25)21-26-16-10-5-11-17-26/h3-17,23,27-28,33H,18-22H2,1-2H3,(H,34,35)/t27-,28+/m0/s1. The fraction of sp³-hybridized carbons (Fsp3) is 0.333. The van der Waals surface area contributed by atoms with Crippen LogP contribution in [0.25, 0.3) is 0 Å². The summed E-state index contributed by atoms with van der Waals surface area (Å²) in [7, 11) is 0. The van der Waals surface area contributed by atoms with E-state index in [9.17, 15) is 14.7 Å². The number of hydroxylamine groups is 2. The first kappa shape index (κ1) is 28.1. The van der Waals surface area contributed by atoms with Crippen LogP contribution in [0.1, 0.15) is 30.5 Å². The van der Waals surface area contributed by atoms with Crippen molar-refractivity contribution in [1.82, 2.24) is 9.96 Å². The van der Waals surface area contributed by atoms with Gasteiger partial charge in [0.1, 0.15) is 0 Å². The van der Waals surface area contributed by atoms with Crippen LogP contribution in [-0.2, 0) is 33.9 Å². The summed E-state index contributed by atoms with van der Waals surface area (Å²) in [6.07, 6.45) is -0.377. The summed E-state index contributed by atoms with van der Waals surface area (Å²) in [6, 6.07) is 29.8. The normalized spacial score (nSPS) is 13.0. The Labute approximate surface area is 218 Å². The molecule has 7 nitrogen and oxygen atoms in total. The van der Waals surface area contributed by atoms with E-state index in [0.717, 1.165) is 16.7 Å². The Morgan fingerprint density at radius 3 is 1.65 bits per heavy atom. The quantitative estimate of drug-likeness (QED) is 0.267. The van der Waals surface area contributed by atoms with Gasteiger partial charge in [0.25, 0.3) is 0 Å². The Kier molecular flexibility index (Phi) is 10.8. The number of rotatable bonds is 13. The maximum Gasteiger partial charge on any atom is 0.436 e. The van der Waals surface area contributed by atoms with Gasteiger partial charge in [0, 0.05) is 25.7 Å². The van der Waals surface area contributed by atoms with E-state index in [1.807, 2.05) is 80.6 Å². The van der Waals surface area contributed by atoms with Crippen LogP contribution >= 0.6 is 0 Å². The van der Waals surface area contributed by atoms with Crippen molar-refractivity contribution in [3.8, 4) is 0 Å². The highest BCUT2D eigenvalue weighted by atomic mass is 16.7. The molecule has 0 amide bonds. The highest BCUT2D eigenvalue weighted by Gasteiger charge is 2.30. The lowest BCUT2D eigenvalue weighted by Gasteiger charge is -2.37. The largest absolute Gasteiger partial charge is 0.473 e. The maximum atomic E-state index is 11.8. The van der Waals surface area contributed by atoms with Crippen LogP contribution in [0.3, 0.4) is 0 Å². The van der Waals surface area contributed by atoms with Gasteiger partial charge in [0.15, 0.2) is 0 Å². The maximum absolute atomic E-state index is 11.8. The monoisotopic (exact) mass is 504 g/mol. The number of benzene rings is 3. The number of hydrogen-bond acceptors (Lipinski definition) is 6. The van der Waals surface area contributed by atoms with Crippen LogP contribution in [0.2, 0.25) is 0 Å². The smallest absolute Gasteiger partial charge is 0.436 e. The Morgan fingerprint density at radius 1 is 0.757 bits per heavy atom. The van der Waals surface area contributed by atoms with Gasteiger partial charge < -0.3 is 15.1 Å². The van der Waals surface area contributed by atoms with Gasteiger partial charge in [-0.15, -0.1) is 5.06 Å². The SMILES string of the molecule is CC(C)CN(C[C@@H](O)[C@H](Cc1ccccc1)N(Cc1ccccc1)Cc1ccccc1)OC(=O)C(=O)O. The van der Waals surface area contributed by atoms with Crippen molar-refractivity contribution in [2.75, 3.05) is 13.1 Å². The van der Waals surface area contributed by atoms with Crippen molar-refractivity contribution in [1.29, 1.82) is 0 Å². The number of nitrogens with zero attached hydrogens (tertiary/aromatic N) is 2. The van der Waals surface area contributed by atoms with Gasteiger partial charge in [-0.2, -0.15) is 0 Å². The topological polar surface area (TPSA) is 90.3 Å². The van der Waals surface area contributed by atoms with Crippen molar-refractivity contribution in [3.05, 3.63) is 108 Å². The number of hydrogen-bond donors (Lipinski definition) is 2.